The van der Waals surface area contributed by atoms with E-state index < -0.39 is 10.0 Å². The van der Waals surface area contributed by atoms with Gasteiger partial charge in [0.1, 0.15) is 5.76 Å². The van der Waals surface area contributed by atoms with Crippen molar-refractivity contribution in [3.63, 3.8) is 0 Å². The summed E-state index contributed by atoms with van der Waals surface area (Å²) in [5.41, 5.74) is -0.342. The molecule has 1 aromatic rings. The fraction of sp³-hybridized carbons (Fsp3) is 0.714. The number of furan rings is 1. The van der Waals surface area contributed by atoms with E-state index in [1.807, 2.05) is 13.8 Å². The molecule has 1 heterocycles. The number of rotatable bonds is 6. The van der Waals surface area contributed by atoms with Gasteiger partial charge in [-0.15, -0.1) is 0 Å². The maximum absolute atomic E-state index is 12.4. The van der Waals surface area contributed by atoms with Crippen molar-refractivity contribution in [1.82, 2.24) is 10.0 Å². The van der Waals surface area contributed by atoms with Crippen LogP contribution in [-0.4, -0.2) is 20.5 Å². The van der Waals surface area contributed by atoms with Crippen molar-refractivity contribution in [3.8, 4) is 0 Å². The second kappa shape index (κ2) is 6.28. The number of sulfonamides is 1. The van der Waals surface area contributed by atoms with E-state index in [2.05, 4.69) is 10.0 Å². The Morgan fingerprint density at radius 2 is 1.95 bits per heavy atom. The zero-order valence-electron chi connectivity index (χ0n) is 12.2. The molecule has 0 amide bonds. The summed E-state index contributed by atoms with van der Waals surface area (Å²) in [7, 11) is -3.57. The molecule has 1 aliphatic rings. The minimum atomic E-state index is -3.57. The van der Waals surface area contributed by atoms with Gasteiger partial charge in [-0.2, -0.15) is 0 Å². The zero-order chi connectivity index (χ0) is 14.6. The first-order valence-electron chi connectivity index (χ1n) is 7.29. The van der Waals surface area contributed by atoms with E-state index in [0.717, 1.165) is 32.2 Å². The van der Waals surface area contributed by atoms with E-state index in [-0.39, 0.29) is 10.6 Å². The quantitative estimate of drug-likeness (QED) is 0.846. The van der Waals surface area contributed by atoms with Crippen LogP contribution in [0, 0.1) is 0 Å². The van der Waals surface area contributed by atoms with E-state index >= 15 is 0 Å². The lowest BCUT2D eigenvalue weighted by molar-refractivity contribution is 0.290. The van der Waals surface area contributed by atoms with Crippen molar-refractivity contribution in [2.24, 2.45) is 0 Å². The van der Waals surface area contributed by atoms with Crippen molar-refractivity contribution >= 4 is 10.0 Å². The standard InChI is InChI=1S/C14H24N2O3S/c1-3-15-11-12-7-8-13(19-12)20(17,18)16-14(2)9-5-4-6-10-14/h7-8,15-16H,3-6,9-11H2,1-2H3. The molecule has 0 atom stereocenters. The summed E-state index contributed by atoms with van der Waals surface area (Å²) >= 11 is 0. The monoisotopic (exact) mass is 300 g/mol. The maximum atomic E-state index is 12.4. The average Bonchev–Trinajstić information content (AvgIpc) is 2.85. The SMILES string of the molecule is CCNCc1ccc(S(=O)(=O)NC2(C)CCCCC2)o1. The second-order valence-electron chi connectivity index (χ2n) is 5.73. The molecule has 6 heteroatoms. The Kier molecular flexibility index (Phi) is 4.88. The van der Waals surface area contributed by atoms with Crippen LogP contribution in [0.2, 0.25) is 0 Å². The Balaban J connectivity index is 2.07. The molecule has 2 rings (SSSR count). The minimum Gasteiger partial charge on any atom is -0.447 e. The molecular formula is C14H24N2O3S. The van der Waals surface area contributed by atoms with Crippen LogP contribution in [0.4, 0.5) is 0 Å². The molecule has 0 radical (unpaired) electrons. The van der Waals surface area contributed by atoms with E-state index in [4.69, 9.17) is 4.42 Å². The highest BCUT2D eigenvalue weighted by molar-refractivity contribution is 7.89. The second-order valence-corrected chi connectivity index (χ2v) is 7.34. The summed E-state index contributed by atoms with van der Waals surface area (Å²) in [6.07, 6.45) is 5.10. The van der Waals surface area contributed by atoms with E-state index in [0.29, 0.717) is 12.3 Å². The molecule has 0 saturated heterocycles. The lowest BCUT2D eigenvalue weighted by Gasteiger charge is -2.33. The lowest BCUT2D eigenvalue weighted by Crippen LogP contribution is -2.46. The first-order valence-corrected chi connectivity index (χ1v) is 8.77. The molecule has 1 aromatic heterocycles. The van der Waals surface area contributed by atoms with Crippen molar-refractivity contribution in [2.75, 3.05) is 6.54 Å². The van der Waals surface area contributed by atoms with Gasteiger partial charge in [-0.25, -0.2) is 13.1 Å². The van der Waals surface area contributed by atoms with Crippen LogP contribution in [0.1, 0.15) is 51.7 Å². The average molecular weight is 300 g/mol. The molecule has 0 aromatic carbocycles. The van der Waals surface area contributed by atoms with Crippen molar-refractivity contribution in [2.45, 2.75) is 63.1 Å². The molecule has 0 aliphatic heterocycles. The molecule has 2 N–H and O–H groups in total. The molecule has 0 unspecified atom stereocenters. The van der Waals surface area contributed by atoms with Crippen LogP contribution in [0.5, 0.6) is 0 Å². The van der Waals surface area contributed by atoms with Gasteiger partial charge in [0.25, 0.3) is 10.0 Å². The fourth-order valence-electron chi connectivity index (χ4n) is 2.65. The number of nitrogens with one attached hydrogen (secondary N) is 2. The van der Waals surface area contributed by atoms with Gasteiger partial charge in [0.2, 0.25) is 5.09 Å². The topological polar surface area (TPSA) is 71.3 Å². The van der Waals surface area contributed by atoms with Crippen LogP contribution in [0.25, 0.3) is 0 Å². The van der Waals surface area contributed by atoms with Crippen LogP contribution in [0.15, 0.2) is 21.6 Å². The third-order valence-corrected chi connectivity index (χ3v) is 5.30. The fourth-order valence-corrected chi connectivity index (χ4v) is 4.07. The molecule has 20 heavy (non-hydrogen) atoms. The summed E-state index contributed by atoms with van der Waals surface area (Å²) < 4.78 is 33.0. The summed E-state index contributed by atoms with van der Waals surface area (Å²) in [5, 5.41) is 3.12. The Hall–Kier alpha value is -0.850. The molecular weight excluding hydrogens is 276 g/mol. The molecule has 1 aliphatic carbocycles. The molecule has 0 bridgehead atoms. The Morgan fingerprint density at radius 1 is 1.25 bits per heavy atom. The van der Waals surface area contributed by atoms with Gasteiger partial charge in [0, 0.05) is 5.54 Å². The summed E-state index contributed by atoms with van der Waals surface area (Å²) in [6, 6.07) is 3.24. The van der Waals surface area contributed by atoms with Gasteiger partial charge in [0.15, 0.2) is 0 Å². The molecule has 1 saturated carbocycles. The van der Waals surface area contributed by atoms with Gasteiger partial charge >= 0.3 is 0 Å². The smallest absolute Gasteiger partial charge is 0.274 e. The Morgan fingerprint density at radius 3 is 2.60 bits per heavy atom. The van der Waals surface area contributed by atoms with E-state index in [9.17, 15) is 8.42 Å². The van der Waals surface area contributed by atoms with Gasteiger partial charge in [-0.3, -0.25) is 0 Å². The Labute approximate surface area is 121 Å². The van der Waals surface area contributed by atoms with E-state index in [1.165, 1.54) is 12.5 Å². The molecule has 114 valence electrons. The minimum absolute atomic E-state index is 0.0113. The van der Waals surface area contributed by atoms with Crippen LogP contribution in [-0.2, 0) is 16.6 Å². The van der Waals surface area contributed by atoms with Crippen LogP contribution >= 0.6 is 0 Å². The predicted octanol–water partition coefficient (Wildman–Crippen LogP) is 2.39. The van der Waals surface area contributed by atoms with Crippen molar-refractivity contribution in [3.05, 3.63) is 17.9 Å². The Bertz CT molecular complexity index is 530. The first kappa shape index (κ1) is 15.5. The molecule has 5 nitrogen and oxygen atoms in total. The van der Waals surface area contributed by atoms with Crippen LogP contribution in [0.3, 0.4) is 0 Å². The first-order chi connectivity index (χ1) is 9.45. The van der Waals surface area contributed by atoms with E-state index in [1.54, 1.807) is 6.07 Å². The highest BCUT2D eigenvalue weighted by Gasteiger charge is 2.33. The van der Waals surface area contributed by atoms with Gasteiger partial charge in [-0.05, 0) is 38.4 Å². The highest BCUT2D eigenvalue weighted by atomic mass is 32.2. The molecule has 0 spiro atoms. The van der Waals surface area contributed by atoms with Crippen LogP contribution < -0.4 is 10.0 Å². The highest BCUT2D eigenvalue weighted by Crippen LogP contribution is 2.29. The predicted molar refractivity (Wildman–Crippen MR) is 77.9 cm³/mol. The third-order valence-electron chi connectivity index (χ3n) is 3.79. The number of hydrogen-bond acceptors (Lipinski definition) is 4. The van der Waals surface area contributed by atoms with Crippen molar-refractivity contribution in [1.29, 1.82) is 0 Å². The van der Waals surface area contributed by atoms with Gasteiger partial charge < -0.3 is 9.73 Å². The summed E-state index contributed by atoms with van der Waals surface area (Å²) in [6.45, 7) is 5.33. The summed E-state index contributed by atoms with van der Waals surface area (Å²) in [5.74, 6) is 0.640. The molecule has 1 fully saturated rings. The van der Waals surface area contributed by atoms with Crippen molar-refractivity contribution < 1.29 is 12.8 Å². The number of hydrogen-bond donors (Lipinski definition) is 2. The third kappa shape index (κ3) is 3.84. The van der Waals surface area contributed by atoms with Gasteiger partial charge in [-0.1, -0.05) is 26.2 Å². The summed E-state index contributed by atoms with van der Waals surface area (Å²) in [4.78, 5) is 0. The zero-order valence-corrected chi connectivity index (χ0v) is 13.1. The maximum Gasteiger partial charge on any atom is 0.274 e. The largest absolute Gasteiger partial charge is 0.447 e. The normalized spacial score (nSPS) is 19.1. The lowest BCUT2D eigenvalue weighted by atomic mass is 9.84. The van der Waals surface area contributed by atoms with Gasteiger partial charge in [0.05, 0.1) is 6.54 Å².